The monoisotopic (exact) mass is 375 g/mol. The molecule has 5 nitrogen and oxygen atoms in total. The molecule has 0 aliphatic carbocycles. The number of hydrogen-bond acceptors (Lipinski definition) is 4. The molecular weight excluding hydrogens is 358 g/mol. The highest BCUT2D eigenvalue weighted by Gasteiger charge is 2.39. The SMILES string of the molecule is CC1=NN(c2ccccc2)C(=O)C1C(=O)Nc1cccc(-c2cccs2)c1. The van der Waals surface area contributed by atoms with E-state index in [2.05, 4.69) is 10.4 Å². The van der Waals surface area contributed by atoms with Crippen LogP contribution in [0.1, 0.15) is 6.92 Å². The van der Waals surface area contributed by atoms with Crippen molar-refractivity contribution in [3.05, 3.63) is 72.1 Å². The van der Waals surface area contributed by atoms with E-state index in [1.165, 1.54) is 5.01 Å². The molecule has 2 aromatic carbocycles. The average molecular weight is 375 g/mol. The average Bonchev–Trinajstić information content (AvgIpc) is 3.31. The van der Waals surface area contributed by atoms with Crippen LogP contribution in [0.4, 0.5) is 11.4 Å². The van der Waals surface area contributed by atoms with E-state index in [4.69, 9.17) is 0 Å². The van der Waals surface area contributed by atoms with E-state index < -0.39 is 5.92 Å². The molecule has 1 aromatic heterocycles. The minimum atomic E-state index is -0.921. The maximum atomic E-state index is 12.8. The maximum Gasteiger partial charge on any atom is 0.265 e. The van der Waals surface area contributed by atoms with Gasteiger partial charge < -0.3 is 5.32 Å². The van der Waals surface area contributed by atoms with Crippen molar-refractivity contribution in [2.75, 3.05) is 10.3 Å². The van der Waals surface area contributed by atoms with E-state index in [-0.39, 0.29) is 11.8 Å². The fourth-order valence-electron chi connectivity index (χ4n) is 3.03. The van der Waals surface area contributed by atoms with Crippen molar-refractivity contribution in [2.24, 2.45) is 11.0 Å². The van der Waals surface area contributed by atoms with Crippen molar-refractivity contribution in [1.82, 2.24) is 0 Å². The first-order valence-electron chi connectivity index (χ1n) is 8.52. The lowest BCUT2D eigenvalue weighted by Crippen LogP contribution is -2.36. The highest BCUT2D eigenvalue weighted by atomic mass is 32.1. The van der Waals surface area contributed by atoms with Crippen molar-refractivity contribution < 1.29 is 9.59 Å². The predicted octanol–water partition coefficient (Wildman–Crippen LogP) is 4.39. The Balaban J connectivity index is 1.53. The first kappa shape index (κ1) is 17.2. The lowest BCUT2D eigenvalue weighted by Gasteiger charge is -2.14. The topological polar surface area (TPSA) is 61.8 Å². The van der Waals surface area contributed by atoms with Crippen LogP contribution in [0, 0.1) is 5.92 Å². The Labute approximate surface area is 161 Å². The first-order valence-corrected chi connectivity index (χ1v) is 9.40. The number of hydrazone groups is 1. The normalized spacial score (nSPS) is 16.3. The number of thiophene rings is 1. The molecule has 1 unspecified atom stereocenters. The second-order valence-electron chi connectivity index (χ2n) is 6.21. The number of carbonyl (C=O) groups excluding carboxylic acids is 2. The molecular formula is C21H17N3O2S. The number of nitrogens with zero attached hydrogens (tertiary/aromatic N) is 2. The Hall–Kier alpha value is -3.25. The second-order valence-corrected chi connectivity index (χ2v) is 7.16. The first-order chi connectivity index (χ1) is 13.1. The Morgan fingerprint density at radius 2 is 1.89 bits per heavy atom. The predicted molar refractivity (Wildman–Crippen MR) is 109 cm³/mol. The molecule has 0 bridgehead atoms. The van der Waals surface area contributed by atoms with E-state index in [0.717, 1.165) is 10.4 Å². The number of para-hydroxylation sites is 1. The number of amides is 2. The van der Waals surface area contributed by atoms with Crippen molar-refractivity contribution in [1.29, 1.82) is 0 Å². The molecule has 0 radical (unpaired) electrons. The van der Waals surface area contributed by atoms with Crippen LogP contribution < -0.4 is 10.3 Å². The van der Waals surface area contributed by atoms with Crippen LogP contribution in [0.25, 0.3) is 10.4 Å². The van der Waals surface area contributed by atoms with Crippen molar-refractivity contribution in [3.8, 4) is 10.4 Å². The quantitative estimate of drug-likeness (QED) is 0.688. The summed E-state index contributed by atoms with van der Waals surface area (Å²) in [5.74, 6) is -1.63. The van der Waals surface area contributed by atoms with Gasteiger partial charge in [0.15, 0.2) is 5.92 Å². The maximum absolute atomic E-state index is 12.8. The highest BCUT2D eigenvalue weighted by molar-refractivity contribution is 7.13. The molecule has 3 aromatic rings. The molecule has 2 heterocycles. The van der Waals surface area contributed by atoms with Gasteiger partial charge in [0.25, 0.3) is 5.91 Å². The van der Waals surface area contributed by atoms with Crippen LogP contribution in [-0.4, -0.2) is 17.5 Å². The Kier molecular flexibility index (Phi) is 4.56. The summed E-state index contributed by atoms with van der Waals surface area (Å²) >= 11 is 1.64. The van der Waals surface area contributed by atoms with Gasteiger partial charge in [-0.3, -0.25) is 9.59 Å². The third kappa shape index (κ3) is 3.39. The highest BCUT2D eigenvalue weighted by Crippen LogP contribution is 2.28. The molecule has 1 N–H and O–H groups in total. The number of carbonyl (C=O) groups is 2. The van der Waals surface area contributed by atoms with Gasteiger partial charge in [0.05, 0.1) is 11.4 Å². The van der Waals surface area contributed by atoms with Gasteiger partial charge in [-0.15, -0.1) is 11.3 Å². The molecule has 4 rings (SSSR count). The summed E-state index contributed by atoms with van der Waals surface area (Å²) in [6.45, 7) is 1.70. The zero-order valence-corrected chi connectivity index (χ0v) is 15.4. The van der Waals surface area contributed by atoms with Gasteiger partial charge in [0.2, 0.25) is 5.91 Å². The molecule has 0 saturated heterocycles. The van der Waals surface area contributed by atoms with Crippen molar-refractivity contribution in [3.63, 3.8) is 0 Å². The zero-order valence-electron chi connectivity index (χ0n) is 14.6. The molecule has 1 aliphatic rings. The van der Waals surface area contributed by atoms with Gasteiger partial charge in [0.1, 0.15) is 0 Å². The van der Waals surface area contributed by atoms with E-state index in [0.29, 0.717) is 17.1 Å². The molecule has 134 valence electrons. The molecule has 6 heteroatoms. The second kappa shape index (κ2) is 7.17. The minimum Gasteiger partial charge on any atom is -0.325 e. The third-order valence-corrected chi connectivity index (χ3v) is 5.25. The van der Waals surface area contributed by atoms with Crippen LogP contribution in [0.15, 0.2) is 77.2 Å². The Morgan fingerprint density at radius 3 is 2.63 bits per heavy atom. The molecule has 27 heavy (non-hydrogen) atoms. The zero-order chi connectivity index (χ0) is 18.8. The fourth-order valence-corrected chi connectivity index (χ4v) is 3.75. The lowest BCUT2D eigenvalue weighted by molar-refractivity contribution is -0.127. The standard InChI is InChI=1S/C21H17N3O2S/c1-14-19(21(26)24(23-14)17-9-3-2-4-10-17)20(25)22-16-8-5-7-15(13-16)18-11-6-12-27-18/h2-13,19H,1H3,(H,22,25). The third-order valence-electron chi connectivity index (χ3n) is 4.33. The summed E-state index contributed by atoms with van der Waals surface area (Å²) in [7, 11) is 0. The molecule has 0 fully saturated rings. The molecule has 1 atom stereocenters. The lowest BCUT2D eigenvalue weighted by atomic mass is 10.0. The Morgan fingerprint density at radius 1 is 1.07 bits per heavy atom. The molecule has 2 amide bonds. The van der Waals surface area contributed by atoms with E-state index in [9.17, 15) is 9.59 Å². The number of nitrogens with one attached hydrogen (secondary N) is 1. The summed E-state index contributed by atoms with van der Waals surface area (Å²) in [4.78, 5) is 26.6. The summed E-state index contributed by atoms with van der Waals surface area (Å²) < 4.78 is 0. The summed E-state index contributed by atoms with van der Waals surface area (Å²) in [6, 6.07) is 20.7. The van der Waals surface area contributed by atoms with Crippen LogP contribution in [0.3, 0.4) is 0 Å². The van der Waals surface area contributed by atoms with Crippen LogP contribution in [0.2, 0.25) is 0 Å². The van der Waals surface area contributed by atoms with E-state index in [1.54, 1.807) is 30.4 Å². The smallest absolute Gasteiger partial charge is 0.265 e. The number of anilines is 2. The number of rotatable bonds is 4. The largest absolute Gasteiger partial charge is 0.325 e. The van der Waals surface area contributed by atoms with Crippen molar-refractivity contribution >= 4 is 40.2 Å². The van der Waals surface area contributed by atoms with Crippen LogP contribution in [0.5, 0.6) is 0 Å². The molecule has 1 aliphatic heterocycles. The Bertz CT molecular complexity index is 1010. The number of benzene rings is 2. The van der Waals surface area contributed by atoms with Gasteiger partial charge in [0, 0.05) is 10.6 Å². The van der Waals surface area contributed by atoms with Crippen LogP contribution in [-0.2, 0) is 9.59 Å². The van der Waals surface area contributed by atoms with Gasteiger partial charge in [-0.25, -0.2) is 0 Å². The minimum absolute atomic E-state index is 0.342. The van der Waals surface area contributed by atoms with E-state index >= 15 is 0 Å². The van der Waals surface area contributed by atoms with E-state index in [1.807, 2.05) is 60.0 Å². The van der Waals surface area contributed by atoms with Crippen LogP contribution >= 0.6 is 11.3 Å². The van der Waals surface area contributed by atoms with Gasteiger partial charge in [-0.1, -0.05) is 36.4 Å². The van der Waals surface area contributed by atoms with Gasteiger partial charge in [-0.05, 0) is 48.2 Å². The molecule has 0 spiro atoms. The van der Waals surface area contributed by atoms with Crippen molar-refractivity contribution in [2.45, 2.75) is 6.92 Å². The number of hydrogen-bond donors (Lipinski definition) is 1. The van der Waals surface area contributed by atoms with Gasteiger partial charge in [-0.2, -0.15) is 10.1 Å². The molecule has 0 saturated carbocycles. The van der Waals surface area contributed by atoms with Gasteiger partial charge >= 0.3 is 0 Å². The summed E-state index contributed by atoms with van der Waals surface area (Å²) in [5.41, 5.74) is 2.81. The summed E-state index contributed by atoms with van der Waals surface area (Å²) in [6.07, 6.45) is 0. The fraction of sp³-hybridized carbons (Fsp3) is 0.0952. The summed E-state index contributed by atoms with van der Waals surface area (Å²) in [5, 5.41) is 10.4.